The van der Waals surface area contributed by atoms with Crippen molar-refractivity contribution >= 4 is 17.6 Å². The summed E-state index contributed by atoms with van der Waals surface area (Å²) >= 11 is 0. The molecule has 0 atom stereocenters. The molecule has 0 unspecified atom stereocenters. The lowest BCUT2D eigenvalue weighted by molar-refractivity contribution is -0.115. The van der Waals surface area contributed by atoms with E-state index in [4.69, 9.17) is 0 Å². The maximum atomic E-state index is 10.9. The minimum absolute atomic E-state index is 0.515. The first kappa shape index (κ1) is 9.18. The minimum Gasteiger partial charge on any atom is -0.306 e. The molecule has 1 radical (unpaired) electrons. The van der Waals surface area contributed by atoms with Crippen LogP contribution in [0.4, 0.5) is 10.5 Å². The summed E-state index contributed by atoms with van der Waals surface area (Å²) in [6.45, 7) is 2.99. The summed E-state index contributed by atoms with van der Waals surface area (Å²) in [6, 6.07) is 2.70. The van der Waals surface area contributed by atoms with Gasteiger partial charge in [-0.05, 0) is 12.1 Å². The zero-order chi connectivity index (χ0) is 9.68. The van der Waals surface area contributed by atoms with E-state index in [1.54, 1.807) is 18.3 Å². The Labute approximate surface area is 75.2 Å². The number of carbonyl (C=O) groups excluding carboxylic acids is 2. The molecule has 0 aliphatic heterocycles. The third kappa shape index (κ3) is 3.33. The highest BCUT2D eigenvalue weighted by molar-refractivity contribution is 6.02. The first-order valence-corrected chi connectivity index (χ1v) is 3.52. The number of nitrogens with zero attached hydrogens (tertiary/aromatic N) is 1. The number of anilines is 1. The molecule has 13 heavy (non-hydrogen) atoms. The van der Waals surface area contributed by atoms with Crippen molar-refractivity contribution in [3.05, 3.63) is 31.5 Å². The molecule has 0 spiro atoms. The molecular formula is C8H8N3O2. The van der Waals surface area contributed by atoms with Crippen molar-refractivity contribution in [2.75, 3.05) is 5.32 Å². The predicted octanol–water partition coefficient (Wildman–Crippen LogP) is 0.564. The van der Waals surface area contributed by atoms with Gasteiger partial charge in [0.2, 0.25) is 5.91 Å². The fraction of sp³-hybridized carbons (Fsp3) is 0. The van der Waals surface area contributed by atoms with Crippen molar-refractivity contribution < 1.29 is 9.59 Å². The first-order valence-electron chi connectivity index (χ1n) is 3.52. The average molecular weight is 178 g/mol. The number of urea groups is 1. The van der Waals surface area contributed by atoms with Crippen molar-refractivity contribution in [2.24, 2.45) is 0 Å². The molecule has 1 aromatic heterocycles. The molecule has 0 aromatic carbocycles. The number of imide groups is 1. The van der Waals surface area contributed by atoms with Crippen LogP contribution in [0.5, 0.6) is 0 Å². The number of rotatable bonds is 1. The Morgan fingerprint density at radius 2 is 2.23 bits per heavy atom. The highest BCUT2D eigenvalue weighted by atomic mass is 16.2. The third-order valence-electron chi connectivity index (χ3n) is 1.17. The van der Waals surface area contributed by atoms with E-state index in [9.17, 15) is 9.59 Å². The second-order valence-electron chi connectivity index (χ2n) is 2.24. The van der Waals surface area contributed by atoms with Crippen LogP contribution in [-0.4, -0.2) is 16.9 Å². The molecule has 67 valence electrons. The maximum Gasteiger partial charge on any atom is 0.325 e. The van der Waals surface area contributed by atoms with E-state index in [0.717, 1.165) is 0 Å². The lowest BCUT2D eigenvalue weighted by Crippen LogP contribution is -2.32. The number of amides is 3. The zero-order valence-electron chi connectivity index (χ0n) is 6.78. The van der Waals surface area contributed by atoms with E-state index in [1.165, 1.54) is 6.20 Å². The van der Waals surface area contributed by atoms with Crippen LogP contribution >= 0.6 is 0 Å². The molecule has 0 aliphatic carbocycles. The molecule has 3 amide bonds. The Hall–Kier alpha value is -1.91. The van der Waals surface area contributed by atoms with Crippen LogP contribution in [0.1, 0.15) is 0 Å². The van der Waals surface area contributed by atoms with Gasteiger partial charge in [-0.2, -0.15) is 0 Å². The summed E-state index contributed by atoms with van der Waals surface area (Å²) in [6.07, 6.45) is 3.04. The summed E-state index contributed by atoms with van der Waals surface area (Å²) in [5.74, 6) is -0.651. The highest BCUT2D eigenvalue weighted by Crippen LogP contribution is 2.01. The van der Waals surface area contributed by atoms with Crippen molar-refractivity contribution in [2.45, 2.75) is 0 Å². The van der Waals surface area contributed by atoms with E-state index in [1.807, 2.05) is 5.32 Å². The number of pyridine rings is 1. The Bertz CT molecular complexity index is 310. The van der Waals surface area contributed by atoms with Crippen LogP contribution in [-0.2, 0) is 4.79 Å². The van der Waals surface area contributed by atoms with Crippen LogP contribution in [0, 0.1) is 6.92 Å². The topological polar surface area (TPSA) is 71.1 Å². The number of carbonyl (C=O) groups is 2. The van der Waals surface area contributed by atoms with Crippen LogP contribution in [0.2, 0.25) is 0 Å². The first-order chi connectivity index (χ1) is 6.18. The molecule has 5 nitrogen and oxygen atoms in total. The van der Waals surface area contributed by atoms with Gasteiger partial charge in [-0.25, -0.2) is 4.79 Å². The number of aromatic nitrogens is 1. The van der Waals surface area contributed by atoms with Crippen molar-refractivity contribution in [3.63, 3.8) is 0 Å². The van der Waals surface area contributed by atoms with Gasteiger partial charge >= 0.3 is 6.03 Å². The molecule has 0 bridgehead atoms. The summed E-state index contributed by atoms with van der Waals surface area (Å²) in [4.78, 5) is 25.0. The smallest absolute Gasteiger partial charge is 0.306 e. The summed E-state index contributed by atoms with van der Waals surface area (Å²) in [5.41, 5.74) is 0.515. The second-order valence-corrected chi connectivity index (χ2v) is 2.24. The summed E-state index contributed by atoms with van der Waals surface area (Å²) in [5, 5.41) is 4.36. The highest BCUT2D eigenvalue weighted by Gasteiger charge is 2.02. The average Bonchev–Trinajstić information content (AvgIpc) is 2.04. The molecule has 5 heteroatoms. The molecule has 0 aliphatic rings. The van der Waals surface area contributed by atoms with E-state index < -0.39 is 11.9 Å². The van der Waals surface area contributed by atoms with Gasteiger partial charge in [0, 0.05) is 13.1 Å². The SMILES string of the molecule is [CH2]C(=O)NC(=O)Nc1cccnc1. The van der Waals surface area contributed by atoms with Gasteiger partial charge in [-0.3, -0.25) is 15.1 Å². The Morgan fingerprint density at radius 3 is 2.77 bits per heavy atom. The van der Waals surface area contributed by atoms with Gasteiger partial charge in [-0.1, -0.05) is 0 Å². The van der Waals surface area contributed by atoms with Crippen LogP contribution in [0.15, 0.2) is 24.5 Å². The third-order valence-corrected chi connectivity index (χ3v) is 1.17. The van der Waals surface area contributed by atoms with Crippen LogP contribution < -0.4 is 10.6 Å². The van der Waals surface area contributed by atoms with Crippen molar-refractivity contribution in [1.29, 1.82) is 0 Å². The van der Waals surface area contributed by atoms with Gasteiger partial charge < -0.3 is 5.32 Å². The van der Waals surface area contributed by atoms with E-state index in [2.05, 4.69) is 17.2 Å². The molecule has 1 rings (SSSR count). The van der Waals surface area contributed by atoms with Gasteiger partial charge in [0.15, 0.2) is 0 Å². The van der Waals surface area contributed by atoms with Gasteiger partial charge in [-0.15, -0.1) is 0 Å². The van der Waals surface area contributed by atoms with Gasteiger partial charge in [0.1, 0.15) is 0 Å². The van der Waals surface area contributed by atoms with Gasteiger partial charge in [0.05, 0.1) is 11.9 Å². The van der Waals surface area contributed by atoms with Crippen molar-refractivity contribution in [1.82, 2.24) is 10.3 Å². The fourth-order valence-electron chi connectivity index (χ4n) is 0.726. The molecule has 0 saturated carbocycles. The molecular weight excluding hydrogens is 170 g/mol. The zero-order valence-corrected chi connectivity index (χ0v) is 6.78. The summed E-state index contributed by atoms with van der Waals surface area (Å²) < 4.78 is 0. The van der Waals surface area contributed by atoms with E-state index in [-0.39, 0.29) is 0 Å². The Kier molecular flexibility index (Phi) is 2.97. The maximum absolute atomic E-state index is 10.9. The van der Waals surface area contributed by atoms with Gasteiger partial charge in [0.25, 0.3) is 0 Å². The standard InChI is InChI=1S/C8H8N3O2/c1-6(12)10-8(13)11-7-3-2-4-9-5-7/h2-5H,1H2,(H2,10,11,12,13). The molecule has 0 fully saturated rings. The minimum atomic E-state index is -0.651. The number of hydrogen-bond acceptors (Lipinski definition) is 3. The molecule has 1 aromatic rings. The monoisotopic (exact) mass is 178 g/mol. The quantitative estimate of drug-likeness (QED) is 0.660. The normalized spacial score (nSPS) is 9.00. The summed E-state index contributed by atoms with van der Waals surface area (Å²) in [7, 11) is 0. The van der Waals surface area contributed by atoms with Crippen molar-refractivity contribution in [3.8, 4) is 0 Å². The molecule has 1 heterocycles. The molecule has 2 N–H and O–H groups in total. The number of nitrogens with one attached hydrogen (secondary N) is 2. The van der Waals surface area contributed by atoms with E-state index >= 15 is 0 Å². The van der Waals surface area contributed by atoms with Crippen LogP contribution in [0.3, 0.4) is 0 Å². The largest absolute Gasteiger partial charge is 0.325 e. The second kappa shape index (κ2) is 4.20. The molecule has 0 saturated heterocycles. The van der Waals surface area contributed by atoms with E-state index in [0.29, 0.717) is 5.69 Å². The number of hydrogen-bond donors (Lipinski definition) is 2. The lowest BCUT2D eigenvalue weighted by atomic mass is 10.4. The Balaban J connectivity index is 2.50. The predicted molar refractivity (Wildman–Crippen MR) is 46.8 cm³/mol. The fourth-order valence-corrected chi connectivity index (χ4v) is 0.726. The van der Waals surface area contributed by atoms with Crippen LogP contribution in [0.25, 0.3) is 0 Å². The lowest BCUT2D eigenvalue weighted by Gasteiger charge is -2.02. The Morgan fingerprint density at radius 1 is 1.46 bits per heavy atom.